The molecule has 0 aliphatic rings. The van der Waals surface area contributed by atoms with Gasteiger partial charge in [-0.25, -0.2) is 0 Å². The number of rotatable bonds is 0. The Bertz CT molecular complexity index is 29.9. The molecule has 0 aliphatic carbocycles. The van der Waals surface area contributed by atoms with Crippen LogP contribution in [-0.2, 0) is 0 Å². The quantitative estimate of drug-likeness (QED) is 0.340. The molecular formula is CO3Se. The summed E-state index contributed by atoms with van der Waals surface area (Å²) >= 11 is 0. The second-order valence-electron chi connectivity index (χ2n) is 0.250. The van der Waals surface area contributed by atoms with Gasteiger partial charge >= 0.3 is 17.1 Å². The Morgan fingerprint density at radius 1 is 1.40 bits per heavy atom. The van der Waals surface area contributed by atoms with Gasteiger partial charge in [-0.3, -0.25) is 0 Å². The number of carboxylic acid groups (broad SMARTS) is 2. The van der Waals surface area contributed by atoms with Crippen LogP contribution in [0.2, 0.25) is 0 Å². The van der Waals surface area contributed by atoms with Crippen LogP contribution in [0.5, 0.6) is 0 Å². The second-order valence-corrected chi connectivity index (χ2v) is 0.250. The molecule has 0 heterocycles. The van der Waals surface area contributed by atoms with Gasteiger partial charge in [-0.15, -0.1) is 0 Å². The third kappa shape index (κ3) is 274. The van der Waals surface area contributed by atoms with Gasteiger partial charge in [0.2, 0.25) is 0 Å². The van der Waals surface area contributed by atoms with E-state index in [2.05, 4.69) is 0 Å². The van der Waals surface area contributed by atoms with Gasteiger partial charge in [0.25, 0.3) is 0 Å². The Morgan fingerprint density at radius 3 is 1.40 bits per heavy atom. The Morgan fingerprint density at radius 2 is 1.40 bits per heavy atom. The molecule has 0 N–H and O–H groups in total. The molecule has 0 rings (SSSR count). The number of hydrogen-bond donors (Lipinski definition) is 0. The van der Waals surface area contributed by atoms with Crippen molar-refractivity contribution in [2.24, 2.45) is 0 Å². The smallest absolute Gasteiger partial charge is 0.652 e. The maximum absolute atomic E-state index is 8.33. The molecule has 0 aromatic rings. The number of hydrogen-bond acceptors (Lipinski definition) is 3. The maximum atomic E-state index is 8.33. The van der Waals surface area contributed by atoms with Crippen molar-refractivity contribution in [3.63, 3.8) is 0 Å². The van der Waals surface area contributed by atoms with Gasteiger partial charge in [-0.05, 0) is 6.16 Å². The summed E-state index contributed by atoms with van der Waals surface area (Å²) in [5.41, 5.74) is 0. The Labute approximate surface area is 39.1 Å². The van der Waals surface area contributed by atoms with Crippen LogP contribution in [0.3, 0.4) is 0 Å². The molecule has 0 aromatic heterocycles. The van der Waals surface area contributed by atoms with Crippen LogP contribution in [0.15, 0.2) is 0 Å². The SMILES string of the molecule is O=C([O-])[O-].[Se+2]. The van der Waals surface area contributed by atoms with Crippen LogP contribution >= 0.6 is 0 Å². The molecule has 0 spiro atoms. The number of carbonyl (C=O) groups excluding carboxylic acids is 1. The van der Waals surface area contributed by atoms with E-state index in [9.17, 15) is 0 Å². The molecule has 0 aliphatic heterocycles. The molecule has 0 saturated carbocycles. The van der Waals surface area contributed by atoms with Crippen molar-refractivity contribution in [3.8, 4) is 0 Å². The summed E-state index contributed by atoms with van der Waals surface area (Å²) in [6, 6.07) is 0. The Balaban J connectivity index is 0. The van der Waals surface area contributed by atoms with Gasteiger partial charge in [-0.2, -0.15) is 0 Å². The van der Waals surface area contributed by atoms with Crippen molar-refractivity contribution >= 4 is 23.2 Å². The predicted octanol–water partition coefficient (Wildman–Crippen LogP) is -2.83. The van der Waals surface area contributed by atoms with Gasteiger partial charge in [0, 0.05) is 0 Å². The molecule has 0 amide bonds. The van der Waals surface area contributed by atoms with E-state index in [1.807, 2.05) is 0 Å². The summed E-state index contributed by atoms with van der Waals surface area (Å²) in [5, 5.41) is 16.7. The van der Waals surface area contributed by atoms with Gasteiger partial charge in [0.1, 0.15) is 0 Å². The van der Waals surface area contributed by atoms with Crippen molar-refractivity contribution in [2.45, 2.75) is 0 Å². The molecule has 0 unspecified atom stereocenters. The zero-order valence-electron chi connectivity index (χ0n) is 2.13. The van der Waals surface area contributed by atoms with E-state index in [0.717, 1.165) is 0 Å². The first-order valence-electron chi connectivity index (χ1n) is 0.612. The van der Waals surface area contributed by atoms with E-state index < -0.39 is 6.16 Å². The fraction of sp³-hybridized carbons (Fsp3) is 0. The molecule has 3 nitrogen and oxygen atoms in total. The van der Waals surface area contributed by atoms with Crippen LogP contribution in [0.4, 0.5) is 4.79 Å². The predicted molar refractivity (Wildman–Crippen MR) is 11.1 cm³/mol. The van der Waals surface area contributed by atoms with E-state index in [1.54, 1.807) is 0 Å². The minimum atomic E-state index is -2.33. The molecule has 5 heavy (non-hydrogen) atoms. The fourth-order valence-corrected chi connectivity index (χ4v) is 0. The van der Waals surface area contributed by atoms with Crippen molar-refractivity contribution in [2.75, 3.05) is 0 Å². The van der Waals surface area contributed by atoms with Crippen LogP contribution in [0, 0.1) is 0 Å². The van der Waals surface area contributed by atoms with Gasteiger partial charge in [0.15, 0.2) is 0 Å². The zero-order valence-corrected chi connectivity index (χ0v) is 3.85. The van der Waals surface area contributed by atoms with Crippen molar-refractivity contribution in [3.05, 3.63) is 0 Å². The van der Waals surface area contributed by atoms with Crippen molar-refractivity contribution in [1.82, 2.24) is 0 Å². The van der Waals surface area contributed by atoms with E-state index >= 15 is 0 Å². The van der Waals surface area contributed by atoms with E-state index in [0.29, 0.717) is 0 Å². The fourth-order valence-electron chi connectivity index (χ4n) is 0. The third-order valence-corrected chi connectivity index (χ3v) is 0. The first-order chi connectivity index (χ1) is 1.73. The minimum Gasteiger partial charge on any atom is -0.652 e. The summed E-state index contributed by atoms with van der Waals surface area (Å²) in [6.45, 7) is 0. The summed E-state index contributed by atoms with van der Waals surface area (Å²) in [5.74, 6) is 0. The summed E-state index contributed by atoms with van der Waals surface area (Å²) in [7, 11) is 0. The van der Waals surface area contributed by atoms with Crippen molar-refractivity contribution in [1.29, 1.82) is 0 Å². The van der Waals surface area contributed by atoms with Gasteiger partial charge in [0.05, 0.1) is 0 Å². The average molecular weight is 139 g/mol. The zero-order chi connectivity index (χ0) is 3.58. The molecular weight excluding hydrogens is 139 g/mol. The van der Waals surface area contributed by atoms with E-state index in [-0.39, 0.29) is 17.1 Å². The molecule has 4 heteroatoms. The van der Waals surface area contributed by atoms with Crippen LogP contribution < -0.4 is 10.2 Å². The normalized spacial score (nSPS) is 4.80. The van der Waals surface area contributed by atoms with Crippen LogP contribution in [-0.4, -0.2) is 23.2 Å². The molecule has 4 radical (unpaired) electrons. The number of carbonyl (C=O) groups is 1. The summed E-state index contributed by atoms with van der Waals surface area (Å²) in [4.78, 5) is 8.33. The molecule has 0 atom stereocenters. The van der Waals surface area contributed by atoms with Gasteiger partial charge in [-0.1, -0.05) is 0 Å². The van der Waals surface area contributed by atoms with E-state index in [1.165, 1.54) is 0 Å². The third-order valence-electron chi connectivity index (χ3n) is 0. The largest absolute Gasteiger partial charge is 2.00 e. The monoisotopic (exact) mass is 140 g/mol. The van der Waals surface area contributed by atoms with Crippen LogP contribution in [0.1, 0.15) is 0 Å². The Kier molecular flexibility index (Phi) is 6.70. The molecule has 0 fully saturated rings. The molecule has 0 bridgehead atoms. The summed E-state index contributed by atoms with van der Waals surface area (Å²) < 4.78 is 0. The van der Waals surface area contributed by atoms with Crippen molar-refractivity contribution < 1.29 is 15.0 Å². The maximum Gasteiger partial charge on any atom is 2.00 e. The molecule has 0 aromatic carbocycles. The standard InChI is InChI=1S/CH2O3.Se/c2-1(3)4;/h(H2,2,3,4);/q;+2/p-2. The second kappa shape index (κ2) is 3.79. The first kappa shape index (κ1) is 8.84. The van der Waals surface area contributed by atoms with Gasteiger partial charge < -0.3 is 15.0 Å². The summed E-state index contributed by atoms with van der Waals surface area (Å²) in [6.07, 6.45) is -2.33. The first-order valence-corrected chi connectivity index (χ1v) is 0.612. The minimum absolute atomic E-state index is 0. The molecule has 28 valence electrons. The van der Waals surface area contributed by atoms with Crippen LogP contribution in [0.25, 0.3) is 0 Å². The Hall–Kier alpha value is -0.211. The topological polar surface area (TPSA) is 63.2 Å². The molecule has 0 saturated heterocycles. The average Bonchev–Trinajstić information content (AvgIpc) is 0.811. The van der Waals surface area contributed by atoms with E-state index in [4.69, 9.17) is 15.0 Å².